The molecule has 0 aromatic rings. The van der Waals surface area contributed by atoms with Crippen molar-refractivity contribution in [2.75, 3.05) is 13.1 Å². The number of hydrogen-bond acceptors (Lipinski definition) is 2. The summed E-state index contributed by atoms with van der Waals surface area (Å²) >= 11 is 0. The van der Waals surface area contributed by atoms with Gasteiger partial charge in [-0.05, 0) is 20.8 Å². The second kappa shape index (κ2) is 6.01. The van der Waals surface area contributed by atoms with E-state index in [4.69, 9.17) is 11.5 Å². The number of rotatable bonds is 5. The van der Waals surface area contributed by atoms with Crippen LogP contribution in [0.25, 0.3) is 0 Å². The van der Waals surface area contributed by atoms with Crippen molar-refractivity contribution in [3.8, 4) is 12.3 Å². The van der Waals surface area contributed by atoms with Gasteiger partial charge < -0.3 is 15.3 Å². The van der Waals surface area contributed by atoms with E-state index in [1.165, 1.54) is 4.90 Å². The SMILES string of the molecule is C#CCN(CC)C(=O)NC(C)(C)CC(=O)O. The fourth-order valence-electron chi connectivity index (χ4n) is 1.23. The molecule has 5 heteroatoms. The molecule has 0 unspecified atom stereocenters. The molecule has 0 aliphatic heterocycles. The first-order valence-corrected chi connectivity index (χ1v) is 5.04. The molecule has 5 nitrogen and oxygen atoms in total. The molecule has 0 aliphatic rings. The van der Waals surface area contributed by atoms with E-state index in [9.17, 15) is 9.59 Å². The van der Waals surface area contributed by atoms with Crippen LogP contribution < -0.4 is 5.32 Å². The highest BCUT2D eigenvalue weighted by atomic mass is 16.4. The second-order valence-corrected chi connectivity index (χ2v) is 4.10. The summed E-state index contributed by atoms with van der Waals surface area (Å²) in [5.41, 5.74) is -0.787. The zero-order valence-electron chi connectivity index (χ0n) is 9.91. The van der Waals surface area contributed by atoms with E-state index in [0.29, 0.717) is 6.54 Å². The van der Waals surface area contributed by atoms with Crippen molar-refractivity contribution >= 4 is 12.0 Å². The molecule has 0 bridgehead atoms. The Bertz CT molecular complexity index is 305. The molecule has 16 heavy (non-hydrogen) atoms. The lowest BCUT2D eigenvalue weighted by Gasteiger charge is -2.28. The largest absolute Gasteiger partial charge is 0.481 e. The molecule has 0 rings (SSSR count). The highest BCUT2D eigenvalue weighted by molar-refractivity contribution is 5.77. The fourth-order valence-corrected chi connectivity index (χ4v) is 1.23. The van der Waals surface area contributed by atoms with Crippen molar-refractivity contribution in [3.05, 3.63) is 0 Å². The summed E-state index contributed by atoms with van der Waals surface area (Å²) in [7, 11) is 0. The summed E-state index contributed by atoms with van der Waals surface area (Å²) in [4.78, 5) is 23.7. The quantitative estimate of drug-likeness (QED) is 0.684. The number of nitrogens with one attached hydrogen (secondary N) is 1. The molecule has 0 radical (unpaired) electrons. The van der Waals surface area contributed by atoms with Crippen molar-refractivity contribution in [2.24, 2.45) is 0 Å². The highest BCUT2D eigenvalue weighted by Crippen LogP contribution is 2.08. The molecule has 0 spiro atoms. The second-order valence-electron chi connectivity index (χ2n) is 4.10. The molecule has 0 aromatic carbocycles. The summed E-state index contributed by atoms with van der Waals surface area (Å²) in [6.45, 7) is 5.82. The third-order valence-corrected chi connectivity index (χ3v) is 1.99. The summed E-state index contributed by atoms with van der Waals surface area (Å²) in [5.74, 6) is 1.42. The maximum Gasteiger partial charge on any atom is 0.318 e. The maximum absolute atomic E-state index is 11.7. The summed E-state index contributed by atoms with van der Waals surface area (Å²) in [6.07, 6.45) is 4.99. The standard InChI is InChI=1S/C11H18N2O3/c1-5-7-13(6-2)10(16)12-11(3,4)8-9(14)15/h1H,6-8H2,2-4H3,(H,12,16)(H,14,15). The Labute approximate surface area is 95.8 Å². The van der Waals surface area contributed by atoms with Gasteiger partial charge in [-0.2, -0.15) is 0 Å². The average Bonchev–Trinajstić information content (AvgIpc) is 2.10. The van der Waals surface area contributed by atoms with Gasteiger partial charge in [0.15, 0.2) is 0 Å². The lowest BCUT2D eigenvalue weighted by molar-refractivity contribution is -0.138. The molecule has 0 heterocycles. The molecule has 90 valence electrons. The van der Waals surface area contributed by atoms with E-state index in [2.05, 4.69) is 11.2 Å². The van der Waals surface area contributed by atoms with Crippen molar-refractivity contribution < 1.29 is 14.7 Å². The highest BCUT2D eigenvalue weighted by Gasteiger charge is 2.25. The molecular formula is C11H18N2O3. The first-order chi connectivity index (χ1) is 7.32. The van der Waals surface area contributed by atoms with Crippen molar-refractivity contribution in [2.45, 2.75) is 32.7 Å². The zero-order chi connectivity index (χ0) is 12.8. The van der Waals surface area contributed by atoms with Gasteiger partial charge in [0.1, 0.15) is 0 Å². The van der Waals surface area contributed by atoms with Crippen molar-refractivity contribution in [1.82, 2.24) is 10.2 Å². The van der Waals surface area contributed by atoms with Crippen LogP contribution in [0.4, 0.5) is 4.79 Å². The van der Waals surface area contributed by atoms with E-state index in [-0.39, 0.29) is 19.0 Å². The van der Waals surface area contributed by atoms with E-state index >= 15 is 0 Å². The Kier molecular flexibility index (Phi) is 5.37. The smallest absolute Gasteiger partial charge is 0.318 e. The number of hydrogen-bond donors (Lipinski definition) is 2. The molecule has 0 atom stereocenters. The number of carbonyl (C=O) groups is 2. The number of terminal acetylenes is 1. The predicted molar refractivity (Wildman–Crippen MR) is 60.9 cm³/mol. The minimum atomic E-state index is -0.953. The number of urea groups is 1. The molecule has 0 saturated heterocycles. The number of carboxylic acids is 1. The van der Waals surface area contributed by atoms with Gasteiger partial charge in [-0.3, -0.25) is 4.79 Å². The topological polar surface area (TPSA) is 69.6 Å². The molecule has 0 aromatic heterocycles. The van der Waals surface area contributed by atoms with Gasteiger partial charge in [-0.15, -0.1) is 6.42 Å². The van der Waals surface area contributed by atoms with Crippen molar-refractivity contribution in [1.29, 1.82) is 0 Å². The zero-order valence-corrected chi connectivity index (χ0v) is 9.91. The van der Waals surface area contributed by atoms with E-state index in [0.717, 1.165) is 0 Å². The molecular weight excluding hydrogens is 208 g/mol. The molecule has 0 saturated carbocycles. The summed E-state index contributed by atoms with van der Waals surface area (Å²) in [6, 6.07) is -0.341. The molecule has 2 N–H and O–H groups in total. The average molecular weight is 226 g/mol. The monoisotopic (exact) mass is 226 g/mol. The van der Waals surface area contributed by atoms with Gasteiger partial charge >= 0.3 is 12.0 Å². The fraction of sp³-hybridized carbons (Fsp3) is 0.636. The van der Waals surface area contributed by atoms with Crippen molar-refractivity contribution in [3.63, 3.8) is 0 Å². The first kappa shape index (κ1) is 14.3. The van der Waals surface area contributed by atoms with E-state index < -0.39 is 11.5 Å². The van der Waals surface area contributed by atoms with Gasteiger partial charge in [0.25, 0.3) is 0 Å². The van der Waals surface area contributed by atoms with Crippen LogP contribution in [-0.2, 0) is 4.79 Å². The third kappa shape index (κ3) is 5.25. The van der Waals surface area contributed by atoms with Crippen LogP contribution >= 0.6 is 0 Å². The lowest BCUT2D eigenvalue weighted by atomic mass is 10.0. The Morgan fingerprint density at radius 2 is 2.06 bits per heavy atom. The summed E-state index contributed by atoms with van der Waals surface area (Å²) in [5, 5.41) is 11.3. The van der Waals surface area contributed by atoms with Gasteiger partial charge in [-0.25, -0.2) is 4.79 Å². The molecule has 2 amide bonds. The normalized spacial score (nSPS) is 10.4. The number of aliphatic carboxylic acids is 1. The van der Waals surface area contributed by atoms with Gasteiger partial charge in [0.05, 0.1) is 13.0 Å². The minimum absolute atomic E-state index is 0.133. The van der Waals surface area contributed by atoms with Gasteiger partial charge in [-0.1, -0.05) is 5.92 Å². The van der Waals surface area contributed by atoms with Crippen LogP contribution in [-0.4, -0.2) is 40.6 Å². The number of nitrogens with zero attached hydrogens (tertiary/aromatic N) is 1. The molecule has 0 fully saturated rings. The van der Waals surface area contributed by atoms with Crippen LogP contribution in [0.3, 0.4) is 0 Å². The molecule has 0 aliphatic carbocycles. The minimum Gasteiger partial charge on any atom is -0.481 e. The van der Waals surface area contributed by atoms with Crippen LogP contribution in [0.2, 0.25) is 0 Å². The van der Waals surface area contributed by atoms with Gasteiger partial charge in [0, 0.05) is 12.1 Å². The third-order valence-electron chi connectivity index (χ3n) is 1.99. The van der Waals surface area contributed by atoms with E-state index in [1.54, 1.807) is 20.8 Å². The van der Waals surface area contributed by atoms with Crippen LogP contribution in [0.15, 0.2) is 0 Å². The summed E-state index contributed by atoms with van der Waals surface area (Å²) < 4.78 is 0. The first-order valence-electron chi connectivity index (χ1n) is 5.04. The van der Waals surface area contributed by atoms with Crippen LogP contribution in [0.5, 0.6) is 0 Å². The Hall–Kier alpha value is -1.70. The maximum atomic E-state index is 11.7. The predicted octanol–water partition coefficient (Wildman–Crippen LogP) is 0.904. The van der Waals surface area contributed by atoms with Gasteiger partial charge in [0.2, 0.25) is 0 Å². The number of carbonyl (C=O) groups excluding carboxylic acids is 1. The van der Waals surface area contributed by atoms with Crippen LogP contribution in [0, 0.1) is 12.3 Å². The van der Waals surface area contributed by atoms with E-state index in [1.807, 2.05) is 0 Å². The van der Waals surface area contributed by atoms with Crippen LogP contribution in [0.1, 0.15) is 27.2 Å². The Morgan fingerprint density at radius 1 is 1.50 bits per heavy atom. The number of carboxylic acid groups (broad SMARTS) is 1. The Morgan fingerprint density at radius 3 is 2.44 bits per heavy atom. The Balaban J connectivity index is 4.42. The number of amides is 2. The lowest BCUT2D eigenvalue weighted by Crippen LogP contribution is -2.51.